The van der Waals surface area contributed by atoms with Gasteiger partial charge in [0, 0.05) is 17.1 Å². The number of para-hydroxylation sites is 1. The normalized spacial score (nSPS) is 12.3. The predicted octanol–water partition coefficient (Wildman–Crippen LogP) is 3.52. The minimum atomic E-state index is -3.70. The number of ether oxygens (including phenoxy) is 1. The lowest BCUT2D eigenvalue weighted by Crippen LogP contribution is -2.47. The predicted molar refractivity (Wildman–Crippen MR) is 112 cm³/mol. The molecule has 6 nitrogen and oxygen atoms in total. The maximum absolute atomic E-state index is 12.7. The fourth-order valence-corrected chi connectivity index (χ4v) is 4.15. The van der Waals surface area contributed by atoms with Crippen LogP contribution >= 0.6 is 11.6 Å². The Labute approximate surface area is 171 Å². The molecule has 0 heterocycles. The van der Waals surface area contributed by atoms with Gasteiger partial charge in [-0.15, -0.1) is 0 Å². The molecule has 1 amide bonds. The number of carbonyl (C=O) groups is 1. The fraction of sp³-hybridized carbons (Fsp3) is 0.350. The number of hydrogen-bond acceptors (Lipinski definition) is 4. The Balaban J connectivity index is 2.22. The van der Waals surface area contributed by atoms with Gasteiger partial charge in [0.05, 0.1) is 18.6 Å². The monoisotopic (exact) mass is 424 g/mol. The third kappa shape index (κ3) is 5.39. The van der Waals surface area contributed by atoms with E-state index in [-0.39, 0.29) is 6.54 Å². The maximum atomic E-state index is 12.7. The maximum Gasteiger partial charge on any atom is 0.243 e. The number of nitrogens with one attached hydrogen (secondary N) is 1. The Morgan fingerprint density at radius 2 is 1.93 bits per heavy atom. The Bertz CT molecular complexity index is 947. The van der Waals surface area contributed by atoms with Crippen LogP contribution in [-0.2, 0) is 21.4 Å². The van der Waals surface area contributed by atoms with Gasteiger partial charge in [-0.3, -0.25) is 9.10 Å². The second kappa shape index (κ2) is 9.30. The van der Waals surface area contributed by atoms with Crippen LogP contribution in [0.2, 0.25) is 5.02 Å². The Morgan fingerprint density at radius 3 is 2.54 bits per heavy atom. The van der Waals surface area contributed by atoms with Crippen LogP contribution in [0.25, 0.3) is 0 Å². The van der Waals surface area contributed by atoms with Gasteiger partial charge < -0.3 is 10.1 Å². The molecular formula is C20H25ClN2O4S. The van der Waals surface area contributed by atoms with Crippen molar-refractivity contribution in [2.75, 3.05) is 17.2 Å². The van der Waals surface area contributed by atoms with Crippen molar-refractivity contribution in [3.8, 4) is 5.75 Å². The number of halogens is 1. The summed E-state index contributed by atoms with van der Waals surface area (Å²) in [6, 6.07) is 11.3. The summed E-state index contributed by atoms with van der Waals surface area (Å²) < 4.78 is 31.4. The van der Waals surface area contributed by atoms with Crippen LogP contribution in [-0.4, -0.2) is 33.2 Å². The van der Waals surface area contributed by atoms with Crippen molar-refractivity contribution in [1.29, 1.82) is 0 Å². The van der Waals surface area contributed by atoms with Crippen molar-refractivity contribution < 1.29 is 17.9 Å². The molecule has 0 fully saturated rings. The summed E-state index contributed by atoms with van der Waals surface area (Å²) in [4.78, 5) is 12.7. The summed E-state index contributed by atoms with van der Waals surface area (Å²) in [6.07, 6.45) is 1.06. The van der Waals surface area contributed by atoms with Gasteiger partial charge in [0.2, 0.25) is 15.9 Å². The number of aryl methyl sites for hydroxylation is 1. The highest BCUT2D eigenvalue weighted by atomic mass is 35.5. The highest BCUT2D eigenvalue weighted by Crippen LogP contribution is 2.27. The molecule has 28 heavy (non-hydrogen) atoms. The summed E-state index contributed by atoms with van der Waals surface area (Å²) in [5.41, 5.74) is 1.98. The molecule has 0 aliphatic rings. The van der Waals surface area contributed by atoms with Crippen molar-refractivity contribution in [1.82, 2.24) is 5.32 Å². The summed E-state index contributed by atoms with van der Waals surface area (Å²) in [7, 11) is -3.70. The molecule has 2 aromatic rings. The number of nitrogens with zero attached hydrogens (tertiary/aromatic N) is 1. The number of carbonyl (C=O) groups excluding carboxylic acids is 1. The van der Waals surface area contributed by atoms with Gasteiger partial charge in [0.15, 0.2) is 0 Å². The van der Waals surface area contributed by atoms with E-state index in [1.54, 1.807) is 25.1 Å². The second-order valence-electron chi connectivity index (χ2n) is 6.43. The quantitative estimate of drug-likeness (QED) is 0.703. The lowest BCUT2D eigenvalue weighted by atomic mass is 10.2. The van der Waals surface area contributed by atoms with Crippen molar-refractivity contribution in [2.45, 2.75) is 33.4 Å². The molecule has 0 unspecified atom stereocenters. The third-order valence-electron chi connectivity index (χ3n) is 4.22. The number of sulfonamides is 1. The lowest BCUT2D eigenvalue weighted by Gasteiger charge is -2.28. The highest BCUT2D eigenvalue weighted by Gasteiger charge is 2.29. The van der Waals surface area contributed by atoms with Crippen molar-refractivity contribution in [3.05, 3.63) is 58.6 Å². The summed E-state index contributed by atoms with van der Waals surface area (Å²) in [5.74, 6) is 0.261. The molecule has 0 bridgehead atoms. The van der Waals surface area contributed by atoms with Gasteiger partial charge >= 0.3 is 0 Å². The molecule has 152 valence electrons. The molecule has 0 spiro atoms. The molecule has 0 saturated carbocycles. The van der Waals surface area contributed by atoms with E-state index in [0.717, 1.165) is 21.7 Å². The largest absolute Gasteiger partial charge is 0.494 e. The van der Waals surface area contributed by atoms with E-state index in [0.29, 0.717) is 23.1 Å². The Morgan fingerprint density at radius 1 is 1.25 bits per heavy atom. The van der Waals surface area contributed by atoms with E-state index in [2.05, 4.69) is 5.32 Å². The topological polar surface area (TPSA) is 75.7 Å². The summed E-state index contributed by atoms with van der Waals surface area (Å²) in [6.45, 7) is 5.98. The SMILES string of the molecule is CCOc1ccccc1CNC(=O)[C@@H](C)N(c1ccc(C)c(Cl)c1)S(C)(=O)=O. The first-order valence-electron chi connectivity index (χ1n) is 8.89. The van der Waals surface area contributed by atoms with Crippen LogP contribution in [0, 0.1) is 6.92 Å². The van der Waals surface area contributed by atoms with Crippen molar-refractivity contribution >= 4 is 33.2 Å². The first-order chi connectivity index (χ1) is 13.1. The van der Waals surface area contributed by atoms with Gasteiger partial charge in [-0.2, -0.15) is 0 Å². The van der Waals surface area contributed by atoms with E-state index in [9.17, 15) is 13.2 Å². The summed E-state index contributed by atoms with van der Waals surface area (Å²) >= 11 is 6.14. The molecule has 0 aromatic heterocycles. The zero-order valence-corrected chi connectivity index (χ0v) is 18.0. The van der Waals surface area contributed by atoms with E-state index < -0.39 is 22.0 Å². The lowest BCUT2D eigenvalue weighted by molar-refractivity contribution is -0.122. The van der Waals surface area contributed by atoms with Crippen molar-refractivity contribution in [3.63, 3.8) is 0 Å². The van der Waals surface area contributed by atoms with E-state index in [1.807, 2.05) is 38.1 Å². The fourth-order valence-electron chi connectivity index (χ4n) is 2.80. The number of hydrogen-bond donors (Lipinski definition) is 1. The Hall–Kier alpha value is -2.25. The molecule has 8 heteroatoms. The minimum absolute atomic E-state index is 0.228. The molecular weight excluding hydrogens is 400 g/mol. The highest BCUT2D eigenvalue weighted by molar-refractivity contribution is 7.92. The average Bonchev–Trinajstić information content (AvgIpc) is 2.63. The molecule has 1 N–H and O–H groups in total. The smallest absolute Gasteiger partial charge is 0.243 e. The number of amides is 1. The van der Waals surface area contributed by atoms with Gasteiger partial charge in [0.1, 0.15) is 11.8 Å². The molecule has 0 saturated heterocycles. The second-order valence-corrected chi connectivity index (χ2v) is 8.69. The van der Waals surface area contributed by atoms with Gasteiger partial charge in [0.25, 0.3) is 0 Å². The minimum Gasteiger partial charge on any atom is -0.494 e. The van der Waals surface area contributed by atoms with Gasteiger partial charge in [-0.05, 0) is 44.5 Å². The van der Waals surface area contributed by atoms with Crippen LogP contribution in [0.3, 0.4) is 0 Å². The third-order valence-corrected chi connectivity index (χ3v) is 5.87. The number of anilines is 1. The van der Waals surface area contributed by atoms with Gasteiger partial charge in [-0.25, -0.2) is 8.42 Å². The first kappa shape index (κ1) is 22.0. The zero-order chi connectivity index (χ0) is 20.9. The van der Waals surface area contributed by atoms with Crippen LogP contribution < -0.4 is 14.4 Å². The van der Waals surface area contributed by atoms with Crippen LogP contribution in [0.1, 0.15) is 25.0 Å². The molecule has 0 aliphatic carbocycles. The molecule has 0 radical (unpaired) electrons. The van der Waals surface area contributed by atoms with Crippen LogP contribution in [0.4, 0.5) is 5.69 Å². The van der Waals surface area contributed by atoms with E-state index >= 15 is 0 Å². The number of rotatable bonds is 8. The summed E-state index contributed by atoms with van der Waals surface area (Å²) in [5, 5.41) is 3.22. The standard InChI is InChI=1S/C20H25ClN2O4S/c1-5-27-19-9-7-6-8-16(19)13-22-20(24)15(3)23(28(4,25)26)17-11-10-14(2)18(21)12-17/h6-12,15H,5,13H2,1-4H3,(H,22,24)/t15-/m1/s1. The molecule has 2 aromatic carbocycles. The molecule has 1 atom stereocenters. The van der Waals surface area contributed by atoms with Gasteiger partial charge in [-0.1, -0.05) is 35.9 Å². The van der Waals surface area contributed by atoms with Crippen LogP contribution in [0.5, 0.6) is 5.75 Å². The average molecular weight is 425 g/mol. The number of benzene rings is 2. The zero-order valence-electron chi connectivity index (χ0n) is 16.4. The first-order valence-corrected chi connectivity index (χ1v) is 11.1. The van der Waals surface area contributed by atoms with E-state index in [4.69, 9.17) is 16.3 Å². The van der Waals surface area contributed by atoms with Crippen molar-refractivity contribution in [2.24, 2.45) is 0 Å². The van der Waals surface area contributed by atoms with Crippen LogP contribution in [0.15, 0.2) is 42.5 Å². The molecule has 0 aliphatic heterocycles. The Kier molecular flexibility index (Phi) is 7.32. The molecule has 2 rings (SSSR count). The van der Waals surface area contributed by atoms with E-state index in [1.165, 1.54) is 0 Å².